The molecular formula is C20H29ClFN7O4. The lowest BCUT2D eigenvalue weighted by Gasteiger charge is -2.44. The molecule has 3 fully saturated rings. The molecule has 11 nitrogen and oxygen atoms in total. The Labute approximate surface area is 196 Å². The van der Waals surface area contributed by atoms with Gasteiger partial charge >= 0.3 is 0 Å². The van der Waals surface area contributed by atoms with E-state index >= 15 is 4.39 Å². The summed E-state index contributed by atoms with van der Waals surface area (Å²) in [4.78, 5) is 35.6. The summed E-state index contributed by atoms with van der Waals surface area (Å²) in [6.45, 7) is 3.84. The van der Waals surface area contributed by atoms with Crippen molar-refractivity contribution < 1.29 is 23.9 Å². The number of piperazine rings is 1. The maximum Gasteiger partial charge on any atom is 0.243 e. The van der Waals surface area contributed by atoms with Gasteiger partial charge in [-0.2, -0.15) is 14.4 Å². The number of carbonyl (C=O) groups is 2. The maximum atomic E-state index is 15.3. The van der Waals surface area contributed by atoms with Crippen LogP contribution in [-0.4, -0.2) is 89.4 Å². The molecule has 0 bridgehead atoms. The summed E-state index contributed by atoms with van der Waals surface area (Å²) in [6, 6.07) is 0.142. The van der Waals surface area contributed by atoms with Crippen molar-refractivity contribution in [3.05, 3.63) is 11.1 Å². The molecular weight excluding hydrogens is 457 g/mol. The number of hydrogen-bond donors (Lipinski definition) is 3. The Morgan fingerprint density at radius 1 is 1.36 bits per heavy atom. The number of nitrogens with zero attached hydrogens (tertiary/aromatic N) is 5. The molecule has 2 amide bonds. The summed E-state index contributed by atoms with van der Waals surface area (Å²) < 4.78 is 20.8. The number of nitrogens with one attached hydrogen (secondary N) is 2. The van der Waals surface area contributed by atoms with Crippen molar-refractivity contribution in [2.45, 2.75) is 31.7 Å². The standard InChI is InChI=1S/C20H29ClFN7O4/c21-20-23-17(25-26-19(31)14(9-29(32)12-30)8-13-2-1-3-13)16(22)18(24-20)28-5-4-27-6-7-33-11-15(27)10-28/h12-15,32H,1-11H2,(H,26,31)(H,23,24,25)/t14-,15+/m1/s1. The number of morpholine rings is 1. The van der Waals surface area contributed by atoms with Crippen LogP contribution in [0, 0.1) is 17.7 Å². The largest absolute Gasteiger partial charge is 0.378 e. The summed E-state index contributed by atoms with van der Waals surface area (Å²) in [5.41, 5.74) is 4.96. The first-order valence-electron chi connectivity index (χ1n) is 11.2. The molecule has 0 spiro atoms. The van der Waals surface area contributed by atoms with Gasteiger partial charge in [-0.15, -0.1) is 0 Å². The van der Waals surface area contributed by atoms with E-state index in [0.717, 1.165) is 32.4 Å². The lowest BCUT2D eigenvalue weighted by molar-refractivity contribution is -0.155. The smallest absolute Gasteiger partial charge is 0.243 e. The zero-order valence-corrected chi connectivity index (χ0v) is 19.0. The van der Waals surface area contributed by atoms with Crippen LogP contribution >= 0.6 is 11.6 Å². The summed E-state index contributed by atoms with van der Waals surface area (Å²) >= 11 is 6.06. The molecule has 0 radical (unpaired) electrons. The number of fused-ring (bicyclic) bond motifs is 1. The molecule has 3 N–H and O–H groups in total. The zero-order chi connectivity index (χ0) is 23.4. The van der Waals surface area contributed by atoms with Crippen LogP contribution in [0.3, 0.4) is 0 Å². The van der Waals surface area contributed by atoms with Crippen molar-refractivity contribution in [1.29, 1.82) is 0 Å². The van der Waals surface area contributed by atoms with Crippen LogP contribution < -0.4 is 15.8 Å². The third kappa shape index (κ3) is 5.81. The SMILES string of the molecule is O=CN(O)C[C@@H](CC1CCC1)C(=O)NNc1nc(Cl)nc(N2CCN3CCOC[C@@H]3C2)c1F. The fourth-order valence-electron chi connectivity index (χ4n) is 4.53. The number of hydroxylamine groups is 2. The molecule has 0 unspecified atom stereocenters. The van der Waals surface area contributed by atoms with Crippen LogP contribution in [0.15, 0.2) is 0 Å². The van der Waals surface area contributed by atoms with Crippen LogP contribution in [0.5, 0.6) is 0 Å². The Morgan fingerprint density at radius 2 is 2.18 bits per heavy atom. The number of aromatic nitrogens is 2. The van der Waals surface area contributed by atoms with Crippen molar-refractivity contribution in [2.24, 2.45) is 11.8 Å². The van der Waals surface area contributed by atoms with Crippen LogP contribution in [0.25, 0.3) is 0 Å². The van der Waals surface area contributed by atoms with Crippen molar-refractivity contribution in [1.82, 2.24) is 25.4 Å². The molecule has 3 aliphatic rings. The van der Waals surface area contributed by atoms with E-state index < -0.39 is 17.6 Å². The van der Waals surface area contributed by atoms with Crippen LogP contribution in [0.4, 0.5) is 16.0 Å². The molecule has 182 valence electrons. The van der Waals surface area contributed by atoms with Crippen molar-refractivity contribution in [3.8, 4) is 0 Å². The first kappa shape index (κ1) is 23.9. The molecule has 3 heterocycles. The Bertz CT molecular complexity index is 862. The number of hydrogen-bond acceptors (Lipinski definition) is 9. The predicted octanol–water partition coefficient (Wildman–Crippen LogP) is 0.887. The molecule has 4 rings (SSSR count). The molecule has 13 heteroatoms. The summed E-state index contributed by atoms with van der Waals surface area (Å²) in [5.74, 6) is -1.69. The van der Waals surface area contributed by atoms with Gasteiger partial charge in [0.1, 0.15) is 0 Å². The summed E-state index contributed by atoms with van der Waals surface area (Å²) in [7, 11) is 0. The molecule has 33 heavy (non-hydrogen) atoms. The van der Waals surface area contributed by atoms with E-state index in [-0.39, 0.29) is 35.9 Å². The lowest BCUT2D eigenvalue weighted by Crippen LogP contribution is -2.58. The van der Waals surface area contributed by atoms with Gasteiger partial charge in [-0.25, -0.2) is 5.06 Å². The third-order valence-corrected chi connectivity index (χ3v) is 6.76. The van der Waals surface area contributed by atoms with E-state index in [9.17, 15) is 14.8 Å². The van der Waals surface area contributed by atoms with Gasteiger partial charge in [-0.3, -0.25) is 30.5 Å². The van der Waals surface area contributed by atoms with Gasteiger partial charge in [0.15, 0.2) is 11.6 Å². The molecule has 2 aliphatic heterocycles. The summed E-state index contributed by atoms with van der Waals surface area (Å²) in [5, 5.41) is 9.85. The highest BCUT2D eigenvalue weighted by molar-refractivity contribution is 6.28. The molecule has 0 aromatic carbocycles. The van der Waals surface area contributed by atoms with E-state index in [1.807, 2.05) is 0 Å². The average molecular weight is 486 g/mol. The Balaban J connectivity index is 1.42. The Kier molecular flexibility index (Phi) is 7.78. The van der Waals surface area contributed by atoms with Gasteiger partial charge in [0.25, 0.3) is 0 Å². The van der Waals surface area contributed by atoms with Gasteiger partial charge in [0.2, 0.25) is 23.4 Å². The van der Waals surface area contributed by atoms with E-state index in [4.69, 9.17) is 16.3 Å². The number of amides is 2. The fraction of sp³-hybridized carbons (Fsp3) is 0.700. The second-order valence-corrected chi connectivity index (χ2v) is 9.10. The third-order valence-electron chi connectivity index (χ3n) is 6.59. The first-order valence-corrected chi connectivity index (χ1v) is 11.6. The highest BCUT2D eigenvalue weighted by Crippen LogP contribution is 2.32. The van der Waals surface area contributed by atoms with Gasteiger partial charge in [-0.05, 0) is 23.9 Å². The predicted molar refractivity (Wildman–Crippen MR) is 117 cm³/mol. The molecule has 1 aromatic heterocycles. The number of hydrazine groups is 1. The highest BCUT2D eigenvalue weighted by Gasteiger charge is 2.33. The zero-order valence-electron chi connectivity index (χ0n) is 18.3. The van der Waals surface area contributed by atoms with Crippen molar-refractivity contribution in [2.75, 3.05) is 56.3 Å². The minimum absolute atomic E-state index is 0.0606. The van der Waals surface area contributed by atoms with Crippen LogP contribution in [0.1, 0.15) is 25.7 Å². The fourth-order valence-corrected chi connectivity index (χ4v) is 4.69. The minimum atomic E-state index is -0.725. The topological polar surface area (TPSA) is 123 Å². The minimum Gasteiger partial charge on any atom is -0.378 e. The molecule has 1 saturated carbocycles. The lowest BCUT2D eigenvalue weighted by atomic mass is 9.79. The molecule has 1 aliphatic carbocycles. The first-order chi connectivity index (χ1) is 15.9. The monoisotopic (exact) mass is 485 g/mol. The molecule has 2 saturated heterocycles. The van der Waals surface area contributed by atoms with Gasteiger partial charge < -0.3 is 9.64 Å². The number of anilines is 2. The van der Waals surface area contributed by atoms with Crippen molar-refractivity contribution in [3.63, 3.8) is 0 Å². The number of carbonyl (C=O) groups excluding carboxylic acids is 2. The van der Waals surface area contributed by atoms with Crippen LogP contribution in [-0.2, 0) is 14.3 Å². The molecule has 1 aromatic rings. The summed E-state index contributed by atoms with van der Waals surface area (Å²) in [6.07, 6.45) is 3.87. The van der Waals surface area contributed by atoms with Gasteiger partial charge in [0.05, 0.1) is 31.7 Å². The second kappa shape index (κ2) is 10.8. The second-order valence-electron chi connectivity index (χ2n) is 8.76. The van der Waals surface area contributed by atoms with Gasteiger partial charge in [-0.1, -0.05) is 19.3 Å². The Morgan fingerprint density at radius 3 is 2.91 bits per heavy atom. The Hall–Kier alpha value is -2.28. The number of halogens is 2. The normalized spacial score (nSPS) is 22.2. The number of rotatable bonds is 9. The van der Waals surface area contributed by atoms with E-state index in [0.29, 0.717) is 43.7 Å². The van der Waals surface area contributed by atoms with Crippen molar-refractivity contribution >= 4 is 35.6 Å². The quantitative estimate of drug-likeness (QED) is 0.202. The maximum absolute atomic E-state index is 15.3. The number of ether oxygens (including phenoxy) is 1. The molecule has 2 atom stereocenters. The van der Waals surface area contributed by atoms with Crippen LogP contribution in [0.2, 0.25) is 5.28 Å². The highest BCUT2D eigenvalue weighted by atomic mass is 35.5. The van der Waals surface area contributed by atoms with Gasteiger partial charge in [0, 0.05) is 26.2 Å². The van der Waals surface area contributed by atoms with E-state index in [1.165, 1.54) is 0 Å². The van der Waals surface area contributed by atoms with E-state index in [2.05, 4.69) is 25.7 Å². The average Bonchev–Trinajstić information content (AvgIpc) is 2.80. The van der Waals surface area contributed by atoms with E-state index in [1.54, 1.807) is 4.90 Å².